The molecule has 0 aromatic rings. The molecule has 0 aliphatic carbocycles. The van der Waals surface area contributed by atoms with Crippen molar-refractivity contribution in [3.63, 3.8) is 0 Å². The summed E-state index contributed by atoms with van der Waals surface area (Å²) in [7, 11) is -6.60. The topological polar surface area (TPSA) is 74.6 Å². The lowest BCUT2D eigenvalue weighted by Crippen LogP contribution is -1.86. The van der Waals surface area contributed by atoms with Crippen LogP contribution in [0.25, 0.3) is 0 Å². The molecule has 0 spiro atoms. The minimum absolute atomic E-state index is 0.486. The molecular weight excluding hydrogens is 162 g/mol. The molecule has 0 aliphatic rings. The number of hydrogen-bond donors (Lipinski definition) is 2. The van der Waals surface area contributed by atoms with E-state index in [4.69, 9.17) is 9.79 Å². The van der Waals surface area contributed by atoms with Gasteiger partial charge >= 0.3 is 0 Å². The quantitative estimate of drug-likeness (QED) is 0.602. The SMILES string of the molecule is CP(=O)(O)CP(C)(=O)O. The van der Waals surface area contributed by atoms with Crippen LogP contribution in [-0.4, -0.2) is 29.0 Å². The van der Waals surface area contributed by atoms with Crippen molar-refractivity contribution < 1.29 is 18.9 Å². The van der Waals surface area contributed by atoms with Crippen LogP contribution in [0.15, 0.2) is 0 Å². The Balaban J connectivity index is 4.07. The first-order valence-corrected chi connectivity index (χ1v) is 6.88. The van der Waals surface area contributed by atoms with E-state index in [1.54, 1.807) is 0 Å². The average molecular weight is 172 g/mol. The van der Waals surface area contributed by atoms with Gasteiger partial charge in [0.05, 0.1) is 0 Å². The first-order valence-electron chi connectivity index (χ1n) is 2.29. The summed E-state index contributed by atoms with van der Waals surface area (Å²) < 4.78 is 20.9. The maximum absolute atomic E-state index is 10.5. The van der Waals surface area contributed by atoms with Crippen LogP contribution < -0.4 is 0 Å². The summed E-state index contributed by atoms with van der Waals surface area (Å²) in [5.41, 5.74) is 0. The lowest BCUT2D eigenvalue weighted by Gasteiger charge is -2.06. The summed E-state index contributed by atoms with van der Waals surface area (Å²) in [5.74, 6) is -0.486. The van der Waals surface area contributed by atoms with Crippen molar-refractivity contribution in [3.05, 3.63) is 0 Å². The van der Waals surface area contributed by atoms with Crippen molar-refractivity contribution in [3.8, 4) is 0 Å². The van der Waals surface area contributed by atoms with Gasteiger partial charge in [-0.1, -0.05) is 0 Å². The van der Waals surface area contributed by atoms with E-state index >= 15 is 0 Å². The largest absolute Gasteiger partial charge is 0.344 e. The average Bonchev–Trinajstić information content (AvgIpc) is 1.14. The van der Waals surface area contributed by atoms with Crippen LogP contribution in [0.4, 0.5) is 0 Å². The first-order chi connectivity index (χ1) is 3.71. The number of rotatable bonds is 2. The summed E-state index contributed by atoms with van der Waals surface area (Å²) in [4.78, 5) is 17.2. The third kappa shape index (κ3) is 8.38. The summed E-state index contributed by atoms with van der Waals surface area (Å²) in [6.45, 7) is 2.14. The predicted molar refractivity (Wildman–Crippen MR) is 36.4 cm³/mol. The van der Waals surface area contributed by atoms with E-state index in [0.717, 1.165) is 13.3 Å². The third-order valence-electron chi connectivity index (χ3n) is 0.525. The van der Waals surface area contributed by atoms with Crippen molar-refractivity contribution in [2.45, 2.75) is 0 Å². The van der Waals surface area contributed by atoms with Crippen molar-refractivity contribution >= 4 is 14.7 Å². The molecular formula is C3H10O4P2. The minimum atomic E-state index is -3.30. The van der Waals surface area contributed by atoms with E-state index < -0.39 is 20.6 Å². The molecule has 2 atom stereocenters. The summed E-state index contributed by atoms with van der Waals surface area (Å²) >= 11 is 0. The van der Waals surface area contributed by atoms with Gasteiger partial charge in [-0.05, 0) is 0 Å². The normalized spacial score (nSPS) is 24.4. The standard InChI is InChI=1S/C3H10O4P2/c1-8(4,5)3-9(2,6)7/h3H2,1-2H3,(H,4,5)(H,6,7). The second-order valence-corrected chi connectivity index (χ2v) is 7.58. The Bertz CT molecular complexity index is 154. The zero-order chi connectivity index (χ0) is 7.71. The Labute approximate surface area is 53.8 Å². The van der Waals surface area contributed by atoms with Gasteiger partial charge in [-0.2, -0.15) is 0 Å². The van der Waals surface area contributed by atoms with Crippen LogP contribution in [0.1, 0.15) is 0 Å². The molecule has 0 rings (SSSR count). The maximum atomic E-state index is 10.5. The molecule has 2 N–H and O–H groups in total. The number of hydrogen-bond acceptors (Lipinski definition) is 2. The molecule has 0 saturated heterocycles. The van der Waals surface area contributed by atoms with Gasteiger partial charge in [0.15, 0.2) is 0 Å². The highest BCUT2D eigenvalue weighted by molar-refractivity contribution is 7.74. The second kappa shape index (κ2) is 2.55. The van der Waals surface area contributed by atoms with Gasteiger partial charge in [-0.25, -0.2) is 0 Å². The fraction of sp³-hybridized carbons (Fsp3) is 1.00. The van der Waals surface area contributed by atoms with Crippen LogP contribution in [0.2, 0.25) is 0 Å². The van der Waals surface area contributed by atoms with E-state index in [2.05, 4.69) is 0 Å². The van der Waals surface area contributed by atoms with E-state index in [9.17, 15) is 9.13 Å². The Morgan fingerprint density at radius 3 is 1.33 bits per heavy atom. The van der Waals surface area contributed by atoms with Gasteiger partial charge in [0, 0.05) is 13.3 Å². The highest BCUT2D eigenvalue weighted by atomic mass is 31.2. The Morgan fingerprint density at radius 1 is 1.11 bits per heavy atom. The van der Waals surface area contributed by atoms with E-state index in [-0.39, 0.29) is 0 Å². The summed E-state index contributed by atoms with van der Waals surface area (Å²) in [6.07, 6.45) is 0. The van der Waals surface area contributed by atoms with Gasteiger partial charge in [0.2, 0.25) is 14.7 Å². The first kappa shape index (κ1) is 9.38. The van der Waals surface area contributed by atoms with E-state index in [1.165, 1.54) is 0 Å². The molecule has 9 heavy (non-hydrogen) atoms. The van der Waals surface area contributed by atoms with E-state index in [1.807, 2.05) is 0 Å². The van der Waals surface area contributed by atoms with Crippen LogP contribution in [0.3, 0.4) is 0 Å². The van der Waals surface area contributed by atoms with Gasteiger partial charge in [-0.15, -0.1) is 0 Å². The van der Waals surface area contributed by atoms with Gasteiger partial charge in [0.1, 0.15) is 5.90 Å². The Hall–Kier alpha value is 0.380. The lowest BCUT2D eigenvalue weighted by molar-refractivity contribution is 0.473. The molecule has 0 heterocycles. The molecule has 2 unspecified atom stereocenters. The minimum Gasteiger partial charge on any atom is -0.344 e. The molecule has 0 aromatic carbocycles. The molecule has 0 aromatic heterocycles. The van der Waals surface area contributed by atoms with E-state index in [0.29, 0.717) is 0 Å². The van der Waals surface area contributed by atoms with Crippen molar-refractivity contribution in [2.75, 3.05) is 19.2 Å². The van der Waals surface area contributed by atoms with Crippen LogP contribution in [0, 0.1) is 0 Å². The monoisotopic (exact) mass is 172 g/mol. The van der Waals surface area contributed by atoms with Crippen molar-refractivity contribution in [1.29, 1.82) is 0 Å². The fourth-order valence-corrected chi connectivity index (χ4v) is 4.38. The molecule has 56 valence electrons. The van der Waals surface area contributed by atoms with Crippen LogP contribution in [-0.2, 0) is 9.13 Å². The van der Waals surface area contributed by atoms with Crippen molar-refractivity contribution in [2.24, 2.45) is 0 Å². The molecule has 0 fully saturated rings. The zero-order valence-corrected chi connectivity index (χ0v) is 7.10. The molecule has 0 saturated carbocycles. The highest BCUT2D eigenvalue weighted by Crippen LogP contribution is 2.52. The Kier molecular flexibility index (Phi) is 2.66. The molecule has 0 amide bonds. The lowest BCUT2D eigenvalue weighted by atomic mass is 11.9. The predicted octanol–water partition coefficient (Wildman–Crippen LogP) is 0.744. The fourth-order valence-electron chi connectivity index (χ4n) is 0.487. The molecule has 4 nitrogen and oxygen atoms in total. The van der Waals surface area contributed by atoms with Crippen LogP contribution in [0.5, 0.6) is 0 Å². The maximum Gasteiger partial charge on any atom is 0.207 e. The highest BCUT2D eigenvalue weighted by Gasteiger charge is 2.21. The van der Waals surface area contributed by atoms with Crippen molar-refractivity contribution in [1.82, 2.24) is 0 Å². The summed E-state index contributed by atoms with van der Waals surface area (Å²) in [5, 5.41) is 0. The molecule has 0 aliphatic heterocycles. The smallest absolute Gasteiger partial charge is 0.207 e. The van der Waals surface area contributed by atoms with Gasteiger partial charge in [-0.3, -0.25) is 9.13 Å². The second-order valence-electron chi connectivity index (χ2n) is 2.24. The van der Waals surface area contributed by atoms with Gasteiger partial charge < -0.3 is 9.79 Å². The molecule has 0 bridgehead atoms. The van der Waals surface area contributed by atoms with Gasteiger partial charge in [0.25, 0.3) is 0 Å². The third-order valence-corrected chi connectivity index (χ3v) is 4.72. The Morgan fingerprint density at radius 2 is 1.33 bits per heavy atom. The summed E-state index contributed by atoms with van der Waals surface area (Å²) in [6, 6.07) is 0. The molecule has 0 radical (unpaired) electrons. The zero-order valence-electron chi connectivity index (χ0n) is 5.31. The van der Waals surface area contributed by atoms with Crippen LogP contribution >= 0.6 is 14.7 Å². The molecule has 6 heteroatoms.